The first kappa shape index (κ1) is 10.9. The molecule has 94 valence electrons. The van der Waals surface area contributed by atoms with Gasteiger partial charge in [0.15, 0.2) is 11.5 Å². The minimum atomic E-state index is 0.186. The molecule has 3 atom stereocenters. The molecule has 2 aliphatic rings. The highest BCUT2D eigenvalue weighted by molar-refractivity contribution is 6.20. The second kappa shape index (κ2) is 3.99. The minimum Gasteiger partial charge on any atom is -0.441 e. The van der Waals surface area contributed by atoms with E-state index in [4.69, 9.17) is 16.0 Å². The molecule has 0 saturated heterocycles. The lowest BCUT2D eigenvalue weighted by atomic mass is 9.97. The van der Waals surface area contributed by atoms with Crippen molar-refractivity contribution in [3.8, 4) is 0 Å². The summed E-state index contributed by atoms with van der Waals surface area (Å²) >= 11 is 6.54. The molecule has 2 aromatic rings. The maximum Gasteiger partial charge on any atom is 0.196 e. The molecule has 1 heterocycles. The smallest absolute Gasteiger partial charge is 0.196 e. The predicted molar refractivity (Wildman–Crippen MR) is 71.7 cm³/mol. The molecule has 4 rings (SSSR count). The van der Waals surface area contributed by atoms with Crippen molar-refractivity contribution in [3.63, 3.8) is 0 Å². The lowest BCUT2D eigenvalue weighted by Crippen LogP contribution is -2.16. The normalized spacial score (nSPS) is 31.5. The van der Waals surface area contributed by atoms with Crippen LogP contribution in [0.2, 0.25) is 0 Å². The number of fused-ring (bicyclic) bond motifs is 2. The van der Waals surface area contributed by atoms with Crippen molar-refractivity contribution < 1.29 is 4.42 Å². The van der Waals surface area contributed by atoms with Gasteiger partial charge < -0.3 is 4.42 Å². The molecule has 3 unspecified atom stereocenters. The zero-order chi connectivity index (χ0) is 12.1. The van der Waals surface area contributed by atoms with E-state index in [0.29, 0.717) is 5.92 Å². The number of hydrogen-bond acceptors (Lipinski definition) is 2. The van der Waals surface area contributed by atoms with Crippen molar-refractivity contribution in [1.29, 1.82) is 0 Å². The molecule has 0 amide bonds. The number of halogens is 1. The van der Waals surface area contributed by atoms with Gasteiger partial charge in [-0.3, -0.25) is 0 Å². The third-order valence-corrected chi connectivity index (χ3v) is 5.01. The van der Waals surface area contributed by atoms with E-state index in [1.165, 1.54) is 19.3 Å². The predicted octanol–water partition coefficient (Wildman–Crippen LogP) is 4.02. The van der Waals surface area contributed by atoms with Crippen LogP contribution in [0.4, 0.5) is 0 Å². The molecule has 2 saturated carbocycles. The first-order valence-electron chi connectivity index (χ1n) is 6.78. The Morgan fingerprint density at radius 3 is 2.78 bits per heavy atom. The van der Waals surface area contributed by atoms with E-state index in [0.717, 1.165) is 35.2 Å². The van der Waals surface area contributed by atoms with Gasteiger partial charge in [-0.25, -0.2) is 4.98 Å². The maximum atomic E-state index is 6.54. The van der Waals surface area contributed by atoms with Crippen LogP contribution in [0.1, 0.15) is 25.2 Å². The molecule has 2 nitrogen and oxygen atoms in total. The summed E-state index contributed by atoms with van der Waals surface area (Å²) < 4.78 is 5.74. The summed E-state index contributed by atoms with van der Waals surface area (Å²) in [6, 6.07) is 7.90. The van der Waals surface area contributed by atoms with Crippen LogP contribution >= 0.6 is 11.6 Å². The largest absolute Gasteiger partial charge is 0.441 e. The van der Waals surface area contributed by atoms with E-state index in [2.05, 4.69) is 4.98 Å². The molecule has 0 radical (unpaired) electrons. The average Bonchev–Trinajstić information content (AvgIpc) is 2.83. The van der Waals surface area contributed by atoms with Gasteiger partial charge in [0.1, 0.15) is 5.52 Å². The van der Waals surface area contributed by atoms with Crippen LogP contribution in [-0.4, -0.2) is 10.4 Å². The highest BCUT2D eigenvalue weighted by Crippen LogP contribution is 2.56. The number of aromatic nitrogens is 1. The Hall–Kier alpha value is -1.02. The summed E-state index contributed by atoms with van der Waals surface area (Å²) in [5.74, 6) is 3.43. The third-order valence-electron chi connectivity index (χ3n) is 4.50. The molecular formula is C15H16ClNO. The molecular weight excluding hydrogens is 246 g/mol. The van der Waals surface area contributed by atoms with Crippen molar-refractivity contribution in [2.24, 2.45) is 17.8 Å². The lowest BCUT2D eigenvalue weighted by molar-refractivity contribution is 0.428. The van der Waals surface area contributed by atoms with Crippen LogP contribution in [0.5, 0.6) is 0 Å². The number of nitrogens with zero attached hydrogens (tertiary/aromatic N) is 1. The second-order valence-electron chi connectivity index (χ2n) is 5.78. The number of benzene rings is 1. The lowest BCUT2D eigenvalue weighted by Gasteiger charge is -2.16. The molecule has 0 N–H and O–H groups in total. The highest BCUT2D eigenvalue weighted by atomic mass is 35.5. The molecule has 0 bridgehead atoms. The Morgan fingerprint density at radius 2 is 2.00 bits per heavy atom. The van der Waals surface area contributed by atoms with Crippen molar-refractivity contribution in [3.05, 3.63) is 30.2 Å². The molecule has 18 heavy (non-hydrogen) atoms. The zero-order valence-corrected chi connectivity index (χ0v) is 10.9. The van der Waals surface area contributed by atoms with Crippen LogP contribution in [0.3, 0.4) is 0 Å². The Balaban J connectivity index is 1.49. The van der Waals surface area contributed by atoms with Crippen LogP contribution in [0.15, 0.2) is 28.7 Å². The number of rotatable bonds is 3. The summed E-state index contributed by atoms with van der Waals surface area (Å²) in [4.78, 5) is 4.50. The molecule has 3 heteroatoms. The molecule has 0 spiro atoms. The van der Waals surface area contributed by atoms with Gasteiger partial charge >= 0.3 is 0 Å². The van der Waals surface area contributed by atoms with Crippen LogP contribution < -0.4 is 0 Å². The second-order valence-corrected chi connectivity index (χ2v) is 6.34. The van der Waals surface area contributed by atoms with E-state index in [9.17, 15) is 0 Å². The summed E-state index contributed by atoms with van der Waals surface area (Å²) in [5.41, 5.74) is 1.80. The van der Waals surface area contributed by atoms with Crippen molar-refractivity contribution in [2.75, 3.05) is 0 Å². The first-order chi connectivity index (χ1) is 8.79. The van der Waals surface area contributed by atoms with Gasteiger partial charge in [0.05, 0.1) is 0 Å². The maximum absolute atomic E-state index is 6.54. The Bertz CT molecular complexity index is 536. The minimum absolute atomic E-state index is 0.186. The molecule has 1 aromatic carbocycles. The van der Waals surface area contributed by atoms with Crippen LogP contribution in [0.25, 0.3) is 11.1 Å². The highest BCUT2D eigenvalue weighted by Gasteiger charge is 2.47. The summed E-state index contributed by atoms with van der Waals surface area (Å²) in [5, 5.41) is 0.186. The Kier molecular flexibility index (Phi) is 2.41. The van der Waals surface area contributed by atoms with Gasteiger partial charge in [-0.2, -0.15) is 0 Å². The van der Waals surface area contributed by atoms with E-state index < -0.39 is 0 Å². The van der Waals surface area contributed by atoms with Gasteiger partial charge in [0, 0.05) is 11.8 Å². The fourth-order valence-electron chi connectivity index (χ4n) is 3.40. The number of oxazole rings is 1. The average molecular weight is 262 g/mol. The molecule has 2 fully saturated rings. The number of para-hydroxylation sites is 2. The van der Waals surface area contributed by atoms with E-state index in [-0.39, 0.29) is 5.38 Å². The fourth-order valence-corrected chi connectivity index (χ4v) is 3.74. The van der Waals surface area contributed by atoms with Gasteiger partial charge in [0.25, 0.3) is 0 Å². The van der Waals surface area contributed by atoms with Gasteiger partial charge in [-0.1, -0.05) is 12.1 Å². The molecule has 1 aromatic heterocycles. The van der Waals surface area contributed by atoms with Crippen molar-refractivity contribution in [2.45, 2.75) is 31.1 Å². The topological polar surface area (TPSA) is 26.0 Å². The molecule has 0 aliphatic heterocycles. The Labute approximate surface area is 111 Å². The summed E-state index contributed by atoms with van der Waals surface area (Å²) in [7, 11) is 0. The fraction of sp³-hybridized carbons (Fsp3) is 0.533. The summed E-state index contributed by atoms with van der Waals surface area (Å²) in [6.07, 6.45) is 4.85. The number of alkyl halides is 1. The van der Waals surface area contributed by atoms with Gasteiger partial charge in [-0.15, -0.1) is 11.6 Å². The van der Waals surface area contributed by atoms with Crippen molar-refractivity contribution in [1.82, 2.24) is 4.98 Å². The van der Waals surface area contributed by atoms with Crippen LogP contribution in [-0.2, 0) is 6.42 Å². The first-order valence-corrected chi connectivity index (χ1v) is 7.22. The standard InChI is InChI=1S/C15H16ClNO/c16-12(11-6-9-5-10(9)7-11)8-15-17-13-3-1-2-4-14(13)18-15/h1-4,9-12H,5-8H2. The van der Waals surface area contributed by atoms with Crippen molar-refractivity contribution >= 4 is 22.7 Å². The monoisotopic (exact) mass is 261 g/mol. The third kappa shape index (κ3) is 1.83. The van der Waals surface area contributed by atoms with Gasteiger partial charge in [-0.05, 0) is 49.1 Å². The van der Waals surface area contributed by atoms with Crippen LogP contribution in [0, 0.1) is 17.8 Å². The number of hydrogen-bond donors (Lipinski definition) is 0. The molecule has 2 aliphatic carbocycles. The summed E-state index contributed by atoms with van der Waals surface area (Å²) in [6.45, 7) is 0. The zero-order valence-electron chi connectivity index (χ0n) is 10.2. The quantitative estimate of drug-likeness (QED) is 0.780. The van der Waals surface area contributed by atoms with Gasteiger partial charge in [0.2, 0.25) is 0 Å². The van der Waals surface area contributed by atoms with E-state index >= 15 is 0 Å². The SMILES string of the molecule is ClC(Cc1nc2ccccc2o1)C1CC2CC2C1. The van der Waals surface area contributed by atoms with E-state index in [1.807, 2.05) is 24.3 Å². The Morgan fingerprint density at radius 1 is 1.22 bits per heavy atom. The van der Waals surface area contributed by atoms with E-state index in [1.54, 1.807) is 0 Å².